The van der Waals surface area contributed by atoms with Crippen LogP contribution in [0, 0.1) is 0 Å². The van der Waals surface area contributed by atoms with Crippen molar-refractivity contribution >= 4 is 0 Å². The molecule has 2 rings (SSSR count). The quantitative estimate of drug-likeness (QED) is 0.890. The molecular formula is C17H28N2. The highest BCUT2D eigenvalue weighted by Gasteiger charge is 2.32. The maximum absolute atomic E-state index is 3.79. The maximum Gasteiger partial charge on any atom is 0.0320 e. The van der Waals surface area contributed by atoms with Crippen molar-refractivity contribution in [2.75, 3.05) is 19.6 Å². The first kappa shape index (κ1) is 14.5. The third kappa shape index (κ3) is 3.37. The fraction of sp³-hybridized carbons (Fsp3) is 0.647. The summed E-state index contributed by atoms with van der Waals surface area (Å²) in [5, 5.41) is 3.79. The number of benzene rings is 1. The topological polar surface area (TPSA) is 15.3 Å². The van der Waals surface area contributed by atoms with E-state index in [0.29, 0.717) is 11.6 Å². The van der Waals surface area contributed by atoms with Gasteiger partial charge in [0.05, 0.1) is 0 Å². The highest BCUT2D eigenvalue weighted by atomic mass is 15.2. The SMILES string of the molecule is CCC1(CC)CN(C(C)c2ccccc2)CCCN1. The van der Waals surface area contributed by atoms with Crippen molar-refractivity contribution in [2.45, 2.75) is 51.6 Å². The van der Waals surface area contributed by atoms with E-state index in [0.717, 1.165) is 13.1 Å². The Morgan fingerprint density at radius 2 is 1.89 bits per heavy atom. The van der Waals surface area contributed by atoms with Gasteiger partial charge < -0.3 is 5.32 Å². The van der Waals surface area contributed by atoms with Crippen LogP contribution in [-0.4, -0.2) is 30.1 Å². The van der Waals surface area contributed by atoms with Crippen LogP contribution < -0.4 is 5.32 Å². The maximum atomic E-state index is 3.79. The van der Waals surface area contributed by atoms with Crippen molar-refractivity contribution in [1.82, 2.24) is 10.2 Å². The fourth-order valence-corrected chi connectivity index (χ4v) is 3.16. The molecule has 0 spiro atoms. The molecule has 1 fully saturated rings. The summed E-state index contributed by atoms with van der Waals surface area (Å²) in [5.74, 6) is 0. The third-order valence-corrected chi connectivity index (χ3v) is 4.81. The predicted octanol–water partition coefficient (Wildman–Crippen LogP) is 3.60. The summed E-state index contributed by atoms with van der Waals surface area (Å²) in [5.41, 5.74) is 1.74. The van der Waals surface area contributed by atoms with E-state index in [2.05, 4.69) is 61.3 Å². The van der Waals surface area contributed by atoms with E-state index in [1.807, 2.05) is 0 Å². The molecule has 106 valence electrons. The minimum atomic E-state index is 0.305. The van der Waals surface area contributed by atoms with Gasteiger partial charge in [0.2, 0.25) is 0 Å². The van der Waals surface area contributed by atoms with Crippen molar-refractivity contribution in [3.8, 4) is 0 Å². The van der Waals surface area contributed by atoms with E-state index in [1.165, 1.54) is 31.4 Å². The van der Waals surface area contributed by atoms with Crippen LogP contribution in [0.5, 0.6) is 0 Å². The van der Waals surface area contributed by atoms with E-state index in [-0.39, 0.29) is 0 Å². The van der Waals surface area contributed by atoms with Gasteiger partial charge >= 0.3 is 0 Å². The second kappa shape index (κ2) is 6.53. The van der Waals surface area contributed by atoms with E-state index in [4.69, 9.17) is 0 Å². The first-order valence-corrected chi connectivity index (χ1v) is 7.75. The van der Waals surface area contributed by atoms with Gasteiger partial charge in [-0.2, -0.15) is 0 Å². The fourth-order valence-electron chi connectivity index (χ4n) is 3.16. The van der Waals surface area contributed by atoms with Gasteiger partial charge in [-0.3, -0.25) is 4.90 Å². The van der Waals surface area contributed by atoms with Gasteiger partial charge in [-0.1, -0.05) is 44.2 Å². The summed E-state index contributed by atoms with van der Waals surface area (Å²) in [6.45, 7) is 10.5. The molecule has 1 saturated heterocycles. The smallest absolute Gasteiger partial charge is 0.0320 e. The largest absolute Gasteiger partial charge is 0.310 e. The number of nitrogens with one attached hydrogen (secondary N) is 1. The van der Waals surface area contributed by atoms with Crippen LogP contribution >= 0.6 is 0 Å². The Morgan fingerprint density at radius 3 is 2.53 bits per heavy atom. The molecule has 2 heteroatoms. The lowest BCUT2D eigenvalue weighted by molar-refractivity contribution is 0.157. The van der Waals surface area contributed by atoms with Crippen LogP contribution in [0.2, 0.25) is 0 Å². The zero-order valence-electron chi connectivity index (χ0n) is 12.7. The molecule has 1 aromatic rings. The molecule has 1 unspecified atom stereocenters. The lowest BCUT2D eigenvalue weighted by Gasteiger charge is -2.38. The highest BCUT2D eigenvalue weighted by molar-refractivity contribution is 5.18. The lowest BCUT2D eigenvalue weighted by atomic mass is 9.91. The van der Waals surface area contributed by atoms with Crippen molar-refractivity contribution in [2.24, 2.45) is 0 Å². The molecular weight excluding hydrogens is 232 g/mol. The Hall–Kier alpha value is -0.860. The summed E-state index contributed by atoms with van der Waals surface area (Å²) in [6.07, 6.45) is 3.67. The molecule has 0 amide bonds. The Bertz CT molecular complexity index is 370. The molecule has 1 aliphatic rings. The minimum absolute atomic E-state index is 0.305. The van der Waals surface area contributed by atoms with E-state index >= 15 is 0 Å². The molecule has 0 aromatic heterocycles. The first-order valence-electron chi connectivity index (χ1n) is 7.75. The first-order chi connectivity index (χ1) is 9.21. The summed E-state index contributed by atoms with van der Waals surface area (Å²) >= 11 is 0. The molecule has 0 saturated carbocycles. The Kier molecular flexibility index (Phi) is 5.00. The molecule has 0 aliphatic carbocycles. The molecule has 0 radical (unpaired) electrons. The Morgan fingerprint density at radius 1 is 1.21 bits per heavy atom. The van der Waals surface area contributed by atoms with Gasteiger partial charge in [0.1, 0.15) is 0 Å². The lowest BCUT2D eigenvalue weighted by Crippen LogP contribution is -2.51. The van der Waals surface area contributed by atoms with Crippen LogP contribution in [0.4, 0.5) is 0 Å². The summed E-state index contributed by atoms with van der Waals surface area (Å²) in [7, 11) is 0. The van der Waals surface area contributed by atoms with Crippen LogP contribution in [0.3, 0.4) is 0 Å². The van der Waals surface area contributed by atoms with Crippen LogP contribution in [-0.2, 0) is 0 Å². The Balaban J connectivity index is 2.14. The van der Waals surface area contributed by atoms with E-state index < -0.39 is 0 Å². The number of hydrogen-bond donors (Lipinski definition) is 1. The van der Waals surface area contributed by atoms with E-state index in [1.54, 1.807) is 0 Å². The highest BCUT2D eigenvalue weighted by Crippen LogP contribution is 2.27. The molecule has 0 bridgehead atoms. The van der Waals surface area contributed by atoms with Gasteiger partial charge in [-0.25, -0.2) is 0 Å². The zero-order valence-corrected chi connectivity index (χ0v) is 12.7. The predicted molar refractivity (Wildman–Crippen MR) is 82.4 cm³/mol. The normalized spacial score (nSPS) is 21.8. The molecule has 1 aliphatic heterocycles. The number of nitrogens with zero attached hydrogens (tertiary/aromatic N) is 1. The zero-order chi connectivity index (χ0) is 13.7. The van der Waals surface area contributed by atoms with Crippen molar-refractivity contribution in [1.29, 1.82) is 0 Å². The van der Waals surface area contributed by atoms with Gasteiger partial charge in [0.25, 0.3) is 0 Å². The summed E-state index contributed by atoms with van der Waals surface area (Å²) in [6, 6.07) is 11.4. The van der Waals surface area contributed by atoms with Gasteiger partial charge in [0.15, 0.2) is 0 Å². The average Bonchev–Trinajstić information content (AvgIpc) is 2.70. The summed E-state index contributed by atoms with van der Waals surface area (Å²) < 4.78 is 0. The van der Waals surface area contributed by atoms with Gasteiger partial charge in [-0.05, 0) is 38.3 Å². The van der Waals surface area contributed by atoms with Gasteiger partial charge in [0, 0.05) is 24.7 Å². The van der Waals surface area contributed by atoms with Crippen LogP contribution in [0.15, 0.2) is 30.3 Å². The van der Waals surface area contributed by atoms with Crippen molar-refractivity contribution in [3.05, 3.63) is 35.9 Å². The second-order valence-electron chi connectivity index (χ2n) is 5.82. The number of rotatable bonds is 4. The van der Waals surface area contributed by atoms with Crippen LogP contribution in [0.1, 0.15) is 51.6 Å². The second-order valence-corrected chi connectivity index (χ2v) is 5.82. The molecule has 2 nitrogen and oxygen atoms in total. The van der Waals surface area contributed by atoms with Gasteiger partial charge in [-0.15, -0.1) is 0 Å². The van der Waals surface area contributed by atoms with Crippen molar-refractivity contribution < 1.29 is 0 Å². The van der Waals surface area contributed by atoms with Crippen molar-refractivity contribution in [3.63, 3.8) is 0 Å². The molecule has 1 N–H and O–H groups in total. The Labute approximate surface area is 118 Å². The standard InChI is InChI=1S/C17H28N2/c1-4-17(5-2)14-19(13-9-12-18-17)15(3)16-10-7-6-8-11-16/h6-8,10-11,15,18H,4-5,9,12-14H2,1-3H3. The molecule has 1 atom stereocenters. The number of hydrogen-bond acceptors (Lipinski definition) is 2. The third-order valence-electron chi connectivity index (χ3n) is 4.81. The minimum Gasteiger partial charge on any atom is -0.310 e. The molecule has 19 heavy (non-hydrogen) atoms. The molecule has 1 heterocycles. The molecule has 1 aromatic carbocycles. The summed E-state index contributed by atoms with van der Waals surface area (Å²) in [4.78, 5) is 2.66. The monoisotopic (exact) mass is 260 g/mol. The average molecular weight is 260 g/mol. The van der Waals surface area contributed by atoms with E-state index in [9.17, 15) is 0 Å². The van der Waals surface area contributed by atoms with Crippen LogP contribution in [0.25, 0.3) is 0 Å².